The summed E-state index contributed by atoms with van der Waals surface area (Å²) < 4.78 is 28.0. The van der Waals surface area contributed by atoms with Crippen molar-refractivity contribution in [2.75, 3.05) is 60.0 Å². The van der Waals surface area contributed by atoms with Crippen LogP contribution in [0, 0.1) is 10.8 Å². The SMILES string of the molecule is COCCOCCOCCOCC[C@]1(C)CO[C@@]2(c3cccc(O)c3)OO[C@@]12C(C)(C)C. The van der Waals surface area contributed by atoms with E-state index in [1.54, 1.807) is 25.3 Å². The summed E-state index contributed by atoms with van der Waals surface area (Å²) in [4.78, 5) is 11.7. The first-order valence-electron chi connectivity index (χ1n) is 11.2. The van der Waals surface area contributed by atoms with E-state index in [-0.39, 0.29) is 16.6 Å². The molecule has 1 N–H and O–H groups in total. The van der Waals surface area contributed by atoms with Crippen LogP contribution in [0.5, 0.6) is 5.75 Å². The van der Waals surface area contributed by atoms with E-state index in [2.05, 4.69) is 27.7 Å². The van der Waals surface area contributed by atoms with Crippen molar-refractivity contribution in [3.05, 3.63) is 29.8 Å². The Morgan fingerprint density at radius 1 is 0.938 bits per heavy atom. The van der Waals surface area contributed by atoms with Crippen LogP contribution in [0.1, 0.15) is 39.7 Å². The summed E-state index contributed by atoms with van der Waals surface area (Å²) in [5.74, 6) is -0.898. The van der Waals surface area contributed by atoms with Gasteiger partial charge < -0.3 is 28.8 Å². The smallest absolute Gasteiger partial charge is 0.261 e. The van der Waals surface area contributed by atoms with Crippen molar-refractivity contribution in [3.63, 3.8) is 0 Å². The Labute approximate surface area is 191 Å². The molecule has 2 heterocycles. The minimum atomic E-state index is -1.06. The molecule has 3 atom stereocenters. The molecule has 2 aliphatic heterocycles. The molecule has 2 fully saturated rings. The van der Waals surface area contributed by atoms with Gasteiger partial charge in [0.1, 0.15) is 5.75 Å². The van der Waals surface area contributed by atoms with Gasteiger partial charge in [-0.1, -0.05) is 39.8 Å². The maximum atomic E-state index is 10.0. The number of hydrogen-bond acceptors (Lipinski definition) is 8. The number of aromatic hydroxyl groups is 1. The summed E-state index contributed by atoms with van der Waals surface area (Å²) in [5, 5.41) is 10.0. The fourth-order valence-electron chi connectivity index (χ4n) is 4.99. The van der Waals surface area contributed by atoms with Gasteiger partial charge in [0, 0.05) is 30.1 Å². The first-order valence-corrected chi connectivity index (χ1v) is 11.2. The largest absolute Gasteiger partial charge is 0.508 e. The van der Waals surface area contributed by atoms with E-state index < -0.39 is 11.4 Å². The Hall–Kier alpha value is -1.26. The van der Waals surface area contributed by atoms with Gasteiger partial charge in [0.15, 0.2) is 5.60 Å². The van der Waals surface area contributed by atoms with Crippen LogP contribution in [0.15, 0.2) is 24.3 Å². The molecule has 0 radical (unpaired) electrons. The van der Waals surface area contributed by atoms with Crippen molar-refractivity contribution in [2.24, 2.45) is 10.8 Å². The van der Waals surface area contributed by atoms with Crippen molar-refractivity contribution >= 4 is 0 Å². The van der Waals surface area contributed by atoms with Crippen LogP contribution < -0.4 is 0 Å². The zero-order valence-electron chi connectivity index (χ0n) is 20.0. The van der Waals surface area contributed by atoms with Gasteiger partial charge >= 0.3 is 0 Å². The van der Waals surface area contributed by atoms with Crippen LogP contribution in [0.25, 0.3) is 0 Å². The fourth-order valence-corrected chi connectivity index (χ4v) is 4.99. The average molecular weight is 455 g/mol. The zero-order valence-corrected chi connectivity index (χ0v) is 20.0. The van der Waals surface area contributed by atoms with E-state index in [9.17, 15) is 5.11 Å². The minimum absolute atomic E-state index is 0.166. The summed E-state index contributed by atoms with van der Waals surface area (Å²) >= 11 is 0. The van der Waals surface area contributed by atoms with Crippen LogP contribution in [0.2, 0.25) is 0 Å². The lowest BCUT2D eigenvalue weighted by Gasteiger charge is -2.61. The lowest BCUT2D eigenvalue weighted by atomic mass is 9.56. The van der Waals surface area contributed by atoms with Gasteiger partial charge in [-0.05, 0) is 18.6 Å². The Morgan fingerprint density at radius 3 is 2.09 bits per heavy atom. The van der Waals surface area contributed by atoms with Crippen molar-refractivity contribution in [3.8, 4) is 5.75 Å². The highest BCUT2D eigenvalue weighted by Crippen LogP contribution is 2.70. The molecule has 2 aliphatic rings. The number of phenols is 1. The second-order valence-electron chi connectivity index (χ2n) is 9.69. The van der Waals surface area contributed by atoms with Gasteiger partial charge in [-0.15, -0.1) is 0 Å². The molecule has 0 spiro atoms. The second-order valence-corrected chi connectivity index (χ2v) is 9.69. The third-order valence-corrected chi connectivity index (χ3v) is 6.45. The molecule has 8 nitrogen and oxygen atoms in total. The molecule has 0 amide bonds. The van der Waals surface area contributed by atoms with Crippen molar-refractivity contribution in [2.45, 2.75) is 45.5 Å². The fraction of sp³-hybridized carbons (Fsp3) is 0.750. The van der Waals surface area contributed by atoms with Gasteiger partial charge in [-0.3, -0.25) is 0 Å². The quantitative estimate of drug-likeness (QED) is 0.359. The summed E-state index contributed by atoms with van der Waals surface area (Å²) in [6.07, 6.45) is 0.730. The Balaban J connectivity index is 1.54. The molecule has 0 unspecified atom stereocenters. The minimum Gasteiger partial charge on any atom is -0.508 e. The number of rotatable bonds is 13. The maximum Gasteiger partial charge on any atom is 0.261 e. The molecule has 32 heavy (non-hydrogen) atoms. The lowest BCUT2D eigenvalue weighted by Crippen LogP contribution is -2.73. The lowest BCUT2D eigenvalue weighted by molar-refractivity contribution is -0.627. The summed E-state index contributed by atoms with van der Waals surface area (Å²) in [6, 6.07) is 7.01. The van der Waals surface area contributed by atoms with Gasteiger partial charge in [-0.2, -0.15) is 4.89 Å². The Morgan fingerprint density at radius 2 is 1.56 bits per heavy atom. The molecule has 0 bridgehead atoms. The molecule has 1 aromatic carbocycles. The molecule has 2 saturated heterocycles. The third kappa shape index (κ3) is 4.55. The molecule has 3 rings (SSSR count). The predicted octanol–water partition coefficient (Wildman–Crippen LogP) is 3.41. The highest BCUT2D eigenvalue weighted by atomic mass is 17.3. The molecular formula is C24H38O8. The normalized spacial score (nSPS) is 29.7. The first kappa shape index (κ1) is 25.4. The van der Waals surface area contributed by atoms with Crippen LogP contribution in [-0.4, -0.2) is 70.7 Å². The summed E-state index contributed by atoms with van der Waals surface area (Å²) in [5.41, 5.74) is -0.636. The average Bonchev–Trinajstić information content (AvgIpc) is 2.89. The number of phenolic OH excluding ortho intramolecular Hbond substituents is 1. The van der Waals surface area contributed by atoms with E-state index in [0.717, 1.165) is 12.0 Å². The van der Waals surface area contributed by atoms with E-state index in [0.29, 0.717) is 52.9 Å². The molecule has 8 heteroatoms. The van der Waals surface area contributed by atoms with Crippen molar-refractivity contribution in [1.29, 1.82) is 0 Å². The summed E-state index contributed by atoms with van der Waals surface area (Å²) in [6.45, 7) is 12.8. The van der Waals surface area contributed by atoms with Crippen LogP contribution >= 0.6 is 0 Å². The van der Waals surface area contributed by atoms with E-state index in [4.69, 9.17) is 33.5 Å². The van der Waals surface area contributed by atoms with Crippen LogP contribution in [0.3, 0.4) is 0 Å². The molecule has 182 valence electrons. The first-order chi connectivity index (χ1) is 15.2. The van der Waals surface area contributed by atoms with Crippen molar-refractivity contribution in [1.82, 2.24) is 0 Å². The maximum absolute atomic E-state index is 10.0. The van der Waals surface area contributed by atoms with E-state index >= 15 is 0 Å². The number of fused-ring (bicyclic) bond motifs is 1. The second kappa shape index (κ2) is 10.3. The number of ether oxygens (including phenoxy) is 5. The van der Waals surface area contributed by atoms with Gasteiger partial charge in [-0.25, -0.2) is 4.89 Å². The number of benzene rings is 1. The third-order valence-electron chi connectivity index (χ3n) is 6.45. The van der Waals surface area contributed by atoms with Gasteiger partial charge in [0.05, 0.1) is 46.2 Å². The topological polar surface area (TPSA) is 84.8 Å². The number of hydrogen-bond donors (Lipinski definition) is 1. The summed E-state index contributed by atoms with van der Waals surface area (Å²) in [7, 11) is 1.65. The van der Waals surface area contributed by atoms with E-state index in [1.165, 1.54) is 0 Å². The van der Waals surface area contributed by atoms with E-state index in [1.807, 2.05) is 6.07 Å². The highest BCUT2D eigenvalue weighted by molar-refractivity contribution is 5.37. The monoisotopic (exact) mass is 454 g/mol. The standard InChI is InChI=1S/C24H38O8/c1-21(2,3)24-22(4,9-10-27-13-14-29-16-15-28-12-11-26-5)18-30-23(24,31-32-24)19-7-6-8-20(25)17-19/h6-8,17,25H,9-16,18H2,1-5H3/t22-,23+,24+/m1/s1. The highest BCUT2D eigenvalue weighted by Gasteiger charge is 2.82. The molecule has 0 aromatic heterocycles. The van der Waals surface area contributed by atoms with Crippen LogP contribution in [-0.2, 0) is 39.2 Å². The molecule has 0 saturated carbocycles. The molecular weight excluding hydrogens is 416 g/mol. The number of methoxy groups -OCH3 is 1. The predicted molar refractivity (Wildman–Crippen MR) is 117 cm³/mol. The Kier molecular flexibility index (Phi) is 8.20. The van der Waals surface area contributed by atoms with Gasteiger partial charge in [0.25, 0.3) is 5.79 Å². The zero-order chi connectivity index (χ0) is 23.3. The van der Waals surface area contributed by atoms with Crippen molar-refractivity contribution < 1.29 is 38.6 Å². The Bertz CT molecular complexity index is 735. The van der Waals surface area contributed by atoms with Crippen LogP contribution in [0.4, 0.5) is 0 Å². The molecule has 0 aliphatic carbocycles. The van der Waals surface area contributed by atoms with Gasteiger partial charge in [0.2, 0.25) is 0 Å². The molecule has 1 aromatic rings.